The Hall–Kier alpha value is -2.72. The molecule has 122 valence electrons. The van der Waals surface area contributed by atoms with Crippen LogP contribution in [0.4, 0.5) is 4.39 Å². The first-order valence-corrected chi connectivity index (χ1v) is 8.11. The first-order chi connectivity index (χ1) is 11.5. The summed E-state index contributed by atoms with van der Waals surface area (Å²) in [4.78, 5) is 16.8. The normalized spacial score (nSPS) is 11.8. The van der Waals surface area contributed by atoms with Crippen LogP contribution in [0.2, 0.25) is 0 Å². The molecule has 0 unspecified atom stereocenters. The van der Waals surface area contributed by atoms with Crippen LogP contribution in [0.15, 0.2) is 29.3 Å². The molecule has 1 amide bonds. The Bertz CT molecular complexity index is 1040. The lowest BCUT2D eigenvalue weighted by molar-refractivity contribution is -0.118. The van der Waals surface area contributed by atoms with Crippen LogP contribution >= 0.6 is 11.3 Å². The van der Waals surface area contributed by atoms with Gasteiger partial charge in [0.25, 0.3) is 5.91 Å². The van der Waals surface area contributed by atoms with Crippen LogP contribution in [0.1, 0.15) is 11.4 Å². The minimum atomic E-state index is -0.383. The van der Waals surface area contributed by atoms with Gasteiger partial charge in [-0.3, -0.25) is 9.48 Å². The van der Waals surface area contributed by atoms with E-state index in [0.29, 0.717) is 15.0 Å². The van der Waals surface area contributed by atoms with E-state index in [1.807, 2.05) is 19.9 Å². The zero-order chi connectivity index (χ0) is 17.3. The van der Waals surface area contributed by atoms with Gasteiger partial charge in [-0.1, -0.05) is 23.3 Å². The van der Waals surface area contributed by atoms with Gasteiger partial charge < -0.3 is 4.57 Å². The number of hydrogen-bond acceptors (Lipinski definition) is 3. The van der Waals surface area contributed by atoms with Crippen molar-refractivity contribution >= 4 is 27.5 Å². The highest BCUT2D eigenvalue weighted by atomic mass is 32.1. The molecular formula is C17H15FN4OS. The molecule has 0 aliphatic heterocycles. The number of halogens is 1. The quantitative estimate of drug-likeness (QED) is 0.687. The highest BCUT2D eigenvalue weighted by Crippen LogP contribution is 2.20. The van der Waals surface area contributed by atoms with Crippen molar-refractivity contribution in [3.63, 3.8) is 0 Å². The molecular weight excluding hydrogens is 327 g/mol. The maximum atomic E-state index is 14.1. The first kappa shape index (κ1) is 16.1. The van der Waals surface area contributed by atoms with E-state index < -0.39 is 0 Å². The Kier molecular flexibility index (Phi) is 4.32. The van der Waals surface area contributed by atoms with Gasteiger partial charge in [0.2, 0.25) is 0 Å². The third kappa shape index (κ3) is 3.01. The van der Waals surface area contributed by atoms with E-state index in [4.69, 9.17) is 6.42 Å². The lowest BCUT2D eigenvalue weighted by atomic mass is 10.3. The topological polar surface area (TPSA) is 52.2 Å². The molecule has 0 N–H and O–H groups in total. The van der Waals surface area contributed by atoms with Crippen molar-refractivity contribution in [2.45, 2.75) is 26.9 Å². The first-order valence-electron chi connectivity index (χ1n) is 7.29. The van der Waals surface area contributed by atoms with Crippen molar-refractivity contribution in [3.05, 3.63) is 46.3 Å². The second-order valence-electron chi connectivity index (χ2n) is 5.35. The molecule has 0 saturated carbocycles. The molecule has 0 aliphatic rings. The van der Waals surface area contributed by atoms with Crippen molar-refractivity contribution < 1.29 is 9.18 Å². The number of benzene rings is 1. The van der Waals surface area contributed by atoms with Gasteiger partial charge in [-0.25, -0.2) is 4.39 Å². The van der Waals surface area contributed by atoms with Crippen molar-refractivity contribution in [2.75, 3.05) is 0 Å². The van der Waals surface area contributed by atoms with E-state index in [1.54, 1.807) is 21.4 Å². The second kappa shape index (κ2) is 6.42. The van der Waals surface area contributed by atoms with Gasteiger partial charge in [0.05, 0.1) is 22.5 Å². The zero-order valence-electron chi connectivity index (χ0n) is 13.3. The number of rotatable bonds is 3. The van der Waals surface area contributed by atoms with Crippen LogP contribution in [-0.4, -0.2) is 20.3 Å². The maximum absolute atomic E-state index is 14.1. The molecule has 0 fully saturated rings. The highest BCUT2D eigenvalue weighted by Gasteiger charge is 2.12. The number of hydrogen-bond donors (Lipinski definition) is 0. The summed E-state index contributed by atoms with van der Waals surface area (Å²) in [5.74, 6) is 1.73. The molecule has 24 heavy (non-hydrogen) atoms. The molecule has 0 radical (unpaired) electrons. The minimum absolute atomic E-state index is 0.0342. The van der Waals surface area contributed by atoms with Gasteiger partial charge in [0.15, 0.2) is 4.80 Å². The standard InChI is InChI=1S/C17H15FN4OS/c1-4-8-21-16-13(18)6-5-7-14(16)24-17(21)19-15(23)10-22-12(3)9-11(2)20-22/h1,5-7,9H,8,10H2,2-3H3. The molecule has 7 heteroatoms. The third-order valence-corrected chi connectivity index (χ3v) is 4.55. The number of carbonyl (C=O) groups is 1. The van der Waals surface area contributed by atoms with Gasteiger partial charge in [0.1, 0.15) is 12.4 Å². The van der Waals surface area contributed by atoms with E-state index >= 15 is 0 Å². The van der Waals surface area contributed by atoms with Crippen LogP contribution < -0.4 is 4.80 Å². The average Bonchev–Trinajstić information content (AvgIpc) is 3.01. The number of carbonyl (C=O) groups excluding carboxylic acids is 1. The molecule has 0 saturated heterocycles. The Labute approximate surface area is 142 Å². The number of thiazole rings is 1. The largest absolute Gasteiger partial charge is 0.302 e. The second-order valence-corrected chi connectivity index (χ2v) is 6.36. The van der Waals surface area contributed by atoms with Gasteiger partial charge >= 0.3 is 0 Å². The van der Waals surface area contributed by atoms with Crippen molar-refractivity contribution in [3.8, 4) is 12.3 Å². The van der Waals surface area contributed by atoms with Gasteiger partial charge in [-0.2, -0.15) is 10.1 Å². The Morgan fingerprint density at radius 3 is 2.92 bits per heavy atom. The molecule has 1 aromatic carbocycles. The number of terminal acetylenes is 1. The number of aromatic nitrogens is 3. The summed E-state index contributed by atoms with van der Waals surface area (Å²) in [6, 6.07) is 6.65. The summed E-state index contributed by atoms with van der Waals surface area (Å²) < 4.78 is 17.9. The zero-order valence-corrected chi connectivity index (χ0v) is 14.1. The number of nitrogens with zero attached hydrogens (tertiary/aromatic N) is 4. The SMILES string of the molecule is C#CCn1c(=NC(=O)Cn2nc(C)cc2C)sc2cccc(F)c21. The van der Waals surface area contributed by atoms with Gasteiger partial charge in [-0.15, -0.1) is 6.42 Å². The van der Waals surface area contributed by atoms with Crippen molar-refractivity contribution in [2.24, 2.45) is 4.99 Å². The molecule has 2 heterocycles. The average molecular weight is 342 g/mol. The Balaban J connectivity index is 2.04. The van der Waals surface area contributed by atoms with Gasteiger partial charge in [0, 0.05) is 5.69 Å². The van der Waals surface area contributed by atoms with Crippen LogP contribution in [-0.2, 0) is 17.9 Å². The van der Waals surface area contributed by atoms with Crippen molar-refractivity contribution in [1.82, 2.24) is 14.3 Å². The van der Waals surface area contributed by atoms with E-state index in [1.165, 1.54) is 17.4 Å². The number of aryl methyl sites for hydroxylation is 2. The summed E-state index contributed by atoms with van der Waals surface area (Å²) in [5.41, 5.74) is 2.10. The fraction of sp³-hybridized carbons (Fsp3) is 0.235. The maximum Gasteiger partial charge on any atom is 0.270 e. The monoisotopic (exact) mass is 342 g/mol. The summed E-state index contributed by atoms with van der Waals surface area (Å²) in [6.45, 7) is 3.92. The van der Waals surface area contributed by atoms with Crippen LogP contribution in [0.5, 0.6) is 0 Å². The number of fused-ring (bicyclic) bond motifs is 1. The molecule has 5 nitrogen and oxygen atoms in total. The summed E-state index contributed by atoms with van der Waals surface area (Å²) >= 11 is 1.24. The van der Waals surface area contributed by atoms with E-state index in [9.17, 15) is 9.18 Å². The van der Waals surface area contributed by atoms with E-state index in [2.05, 4.69) is 16.0 Å². The van der Waals surface area contributed by atoms with Crippen LogP contribution in [0.25, 0.3) is 10.2 Å². The summed E-state index contributed by atoms with van der Waals surface area (Å²) in [5, 5.41) is 4.25. The Morgan fingerprint density at radius 2 is 2.25 bits per heavy atom. The fourth-order valence-electron chi connectivity index (χ4n) is 2.52. The molecule has 3 aromatic rings. The summed E-state index contributed by atoms with van der Waals surface area (Å²) in [7, 11) is 0. The van der Waals surface area contributed by atoms with Crippen LogP contribution in [0.3, 0.4) is 0 Å². The Morgan fingerprint density at radius 1 is 1.46 bits per heavy atom. The number of amides is 1. The van der Waals surface area contributed by atoms with Crippen LogP contribution in [0, 0.1) is 32.0 Å². The molecule has 0 aliphatic carbocycles. The highest BCUT2D eigenvalue weighted by molar-refractivity contribution is 7.16. The van der Waals surface area contributed by atoms with E-state index in [-0.39, 0.29) is 24.8 Å². The fourth-order valence-corrected chi connectivity index (χ4v) is 3.58. The molecule has 0 spiro atoms. The smallest absolute Gasteiger partial charge is 0.270 e. The predicted molar refractivity (Wildman–Crippen MR) is 90.9 cm³/mol. The third-order valence-electron chi connectivity index (χ3n) is 3.51. The predicted octanol–water partition coefficient (Wildman–Crippen LogP) is 2.42. The molecule has 0 atom stereocenters. The minimum Gasteiger partial charge on any atom is -0.302 e. The van der Waals surface area contributed by atoms with Crippen molar-refractivity contribution in [1.29, 1.82) is 0 Å². The molecule has 2 aromatic heterocycles. The summed E-state index contributed by atoms with van der Waals surface area (Å²) in [6.07, 6.45) is 5.38. The lowest BCUT2D eigenvalue weighted by Gasteiger charge is -2.01. The molecule has 0 bridgehead atoms. The number of para-hydroxylation sites is 1. The lowest BCUT2D eigenvalue weighted by Crippen LogP contribution is -2.19. The molecule has 3 rings (SSSR count). The van der Waals surface area contributed by atoms with E-state index in [0.717, 1.165) is 11.4 Å². The van der Waals surface area contributed by atoms with Gasteiger partial charge in [-0.05, 0) is 32.0 Å².